The van der Waals surface area contributed by atoms with Crippen molar-refractivity contribution in [2.75, 3.05) is 5.32 Å². The van der Waals surface area contributed by atoms with Crippen molar-refractivity contribution in [1.29, 1.82) is 0 Å². The van der Waals surface area contributed by atoms with Crippen LogP contribution in [0.2, 0.25) is 0 Å². The summed E-state index contributed by atoms with van der Waals surface area (Å²) in [5, 5.41) is 13.5. The lowest BCUT2D eigenvalue weighted by Gasteiger charge is -2.08. The van der Waals surface area contributed by atoms with E-state index in [-0.39, 0.29) is 11.5 Å². The minimum atomic E-state index is -4.63. The van der Waals surface area contributed by atoms with E-state index in [0.29, 0.717) is 16.9 Å². The normalized spacial score (nSPS) is 11.8. The van der Waals surface area contributed by atoms with Gasteiger partial charge in [-0.25, -0.2) is 9.97 Å². The SMILES string of the molecule is FC(F)(F)c1nnc2ccc(NCc3ccc(-n4ccnc4)nc3)nn12. The summed E-state index contributed by atoms with van der Waals surface area (Å²) in [6.07, 6.45) is 2.10. The van der Waals surface area contributed by atoms with Crippen molar-refractivity contribution in [2.24, 2.45) is 0 Å². The zero-order valence-corrected chi connectivity index (χ0v) is 13.1. The van der Waals surface area contributed by atoms with Gasteiger partial charge in [-0.3, -0.25) is 4.57 Å². The molecule has 0 radical (unpaired) electrons. The largest absolute Gasteiger partial charge is 0.453 e. The minimum Gasteiger partial charge on any atom is -0.364 e. The Morgan fingerprint density at radius 3 is 2.65 bits per heavy atom. The third-order valence-corrected chi connectivity index (χ3v) is 3.57. The molecule has 0 fully saturated rings. The molecule has 4 aromatic heterocycles. The number of pyridine rings is 1. The maximum Gasteiger partial charge on any atom is 0.453 e. The number of rotatable bonds is 4. The fourth-order valence-corrected chi connectivity index (χ4v) is 2.32. The van der Waals surface area contributed by atoms with Gasteiger partial charge in [-0.15, -0.1) is 15.3 Å². The highest BCUT2D eigenvalue weighted by Crippen LogP contribution is 2.27. The average molecular weight is 360 g/mol. The van der Waals surface area contributed by atoms with Crippen LogP contribution in [0.1, 0.15) is 11.4 Å². The Kier molecular flexibility index (Phi) is 3.75. The van der Waals surface area contributed by atoms with E-state index in [1.807, 2.05) is 12.1 Å². The summed E-state index contributed by atoms with van der Waals surface area (Å²) in [5.41, 5.74) is 0.866. The Balaban J connectivity index is 1.51. The Labute approximate surface area is 144 Å². The standard InChI is InChI=1S/C15H11F3N8/c16-15(17,18)14-23-22-13-4-2-11(24-26(13)14)20-7-10-1-3-12(21-8-10)25-6-5-19-9-25/h1-6,8-9H,7H2,(H,20,24). The number of nitrogens with zero attached hydrogens (tertiary/aromatic N) is 7. The summed E-state index contributed by atoms with van der Waals surface area (Å²) in [6, 6.07) is 6.63. The monoisotopic (exact) mass is 360 g/mol. The van der Waals surface area contributed by atoms with Gasteiger partial charge >= 0.3 is 6.18 Å². The molecule has 0 atom stereocenters. The van der Waals surface area contributed by atoms with Crippen molar-refractivity contribution >= 4 is 11.5 Å². The van der Waals surface area contributed by atoms with Gasteiger partial charge in [0.05, 0.1) is 0 Å². The fourth-order valence-electron chi connectivity index (χ4n) is 2.32. The molecule has 0 aromatic carbocycles. The maximum absolute atomic E-state index is 12.9. The van der Waals surface area contributed by atoms with Crippen LogP contribution in [0.3, 0.4) is 0 Å². The lowest BCUT2D eigenvalue weighted by Crippen LogP contribution is -2.13. The summed E-state index contributed by atoms with van der Waals surface area (Å²) in [5.74, 6) is -0.186. The number of nitrogens with one attached hydrogen (secondary N) is 1. The van der Waals surface area contributed by atoms with Crippen molar-refractivity contribution < 1.29 is 13.2 Å². The van der Waals surface area contributed by atoms with Gasteiger partial charge in [-0.1, -0.05) is 6.07 Å². The zero-order chi connectivity index (χ0) is 18.1. The van der Waals surface area contributed by atoms with Crippen LogP contribution in [0.15, 0.2) is 49.2 Å². The molecule has 0 spiro atoms. The lowest BCUT2D eigenvalue weighted by atomic mass is 10.3. The van der Waals surface area contributed by atoms with Gasteiger partial charge in [0.2, 0.25) is 0 Å². The zero-order valence-electron chi connectivity index (χ0n) is 13.1. The van der Waals surface area contributed by atoms with Crippen molar-refractivity contribution in [2.45, 2.75) is 12.7 Å². The van der Waals surface area contributed by atoms with E-state index in [0.717, 1.165) is 5.56 Å². The Morgan fingerprint density at radius 1 is 1.08 bits per heavy atom. The first kappa shape index (κ1) is 16.0. The van der Waals surface area contributed by atoms with Gasteiger partial charge in [0.1, 0.15) is 18.0 Å². The van der Waals surface area contributed by atoms with Crippen LogP contribution in [0, 0.1) is 0 Å². The van der Waals surface area contributed by atoms with Gasteiger partial charge in [-0.2, -0.15) is 17.7 Å². The highest BCUT2D eigenvalue weighted by molar-refractivity contribution is 5.44. The third kappa shape index (κ3) is 3.06. The number of fused-ring (bicyclic) bond motifs is 1. The van der Waals surface area contributed by atoms with E-state index in [1.165, 1.54) is 12.1 Å². The van der Waals surface area contributed by atoms with Crippen molar-refractivity contribution in [3.05, 3.63) is 60.6 Å². The van der Waals surface area contributed by atoms with Crippen LogP contribution in [0.25, 0.3) is 11.5 Å². The number of alkyl halides is 3. The number of imidazole rings is 1. The first-order valence-electron chi connectivity index (χ1n) is 7.47. The smallest absolute Gasteiger partial charge is 0.364 e. The van der Waals surface area contributed by atoms with Crippen LogP contribution in [0.5, 0.6) is 0 Å². The van der Waals surface area contributed by atoms with E-state index in [9.17, 15) is 13.2 Å². The molecule has 0 aliphatic carbocycles. The molecule has 0 aliphatic heterocycles. The fraction of sp³-hybridized carbons (Fsp3) is 0.133. The summed E-state index contributed by atoms with van der Waals surface area (Å²) >= 11 is 0. The van der Waals surface area contributed by atoms with E-state index in [2.05, 4.69) is 30.6 Å². The number of hydrogen-bond acceptors (Lipinski definition) is 6. The van der Waals surface area contributed by atoms with Gasteiger partial charge < -0.3 is 5.32 Å². The second kappa shape index (κ2) is 6.10. The van der Waals surface area contributed by atoms with Crippen LogP contribution < -0.4 is 5.32 Å². The molecule has 0 bridgehead atoms. The molecule has 0 saturated carbocycles. The van der Waals surface area contributed by atoms with Crippen LogP contribution in [-0.2, 0) is 12.7 Å². The first-order chi connectivity index (χ1) is 12.5. The second-order valence-electron chi connectivity index (χ2n) is 5.36. The molecular weight excluding hydrogens is 349 g/mol. The van der Waals surface area contributed by atoms with Crippen LogP contribution in [-0.4, -0.2) is 34.3 Å². The Morgan fingerprint density at radius 2 is 1.96 bits per heavy atom. The number of hydrogen-bond donors (Lipinski definition) is 1. The molecule has 132 valence electrons. The molecule has 4 aromatic rings. The summed E-state index contributed by atoms with van der Waals surface area (Å²) < 4.78 is 41.1. The van der Waals surface area contributed by atoms with Crippen molar-refractivity contribution in [3.63, 3.8) is 0 Å². The Bertz CT molecular complexity index is 1020. The van der Waals surface area contributed by atoms with E-state index in [4.69, 9.17) is 0 Å². The van der Waals surface area contributed by atoms with Gasteiger partial charge in [-0.05, 0) is 23.8 Å². The molecule has 1 N–H and O–H groups in total. The number of anilines is 1. The molecule has 0 saturated heterocycles. The molecule has 4 rings (SSSR count). The third-order valence-electron chi connectivity index (χ3n) is 3.57. The van der Waals surface area contributed by atoms with Crippen LogP contribution >= 0.6 is 0 Å². The highest BCUT2D eigenvalue weighted by Gasteiger charge is 2.37. The van der Waals surface area contributed by atoms with Crippen molar-refractivity contribution in [3.8, 4) is 5.82 Å². The molecule has 26 heavy (non-hydrogen) atoms. The molecular formula is C15H11F3N8. The summed E-state index contributed by atoms with van der Waals surface area (Å²) in [4.78, 5) is 8.26. The van der Waals surface area contributed by atoms with Crippen LogP contribution in [0.4, 0.5) is 19.0 Å². The number of halogens is 3. The second-order valence-corrected chi connectivity index (χ2v) is 5.36. The van der Waals surface area contributed by atoms with Gasteiger partial charge in [0.15, 0.2) is 5.65 Å². The molecule has 0 amide bonds. The van der Waals surface area contributed by atoms with Gasteiger partial charge in [0.25, 0.3) is 5.82 Å². The summed E-state index contributed by atoms with van der Waals surface area (Å²) in [7, 11) is 0. The van der Waals surface area contributed by atoms with E-state index in [1.54, 1.807) is 29.5 Å². The molecule has 8 nitrogen and oxygen atoms in total. The minimum absolute atomic E-state index is 0.0224. The Hall–Kier alpha value is -3.50. The van der Waals surface area contributed by atoms with Gasteiger partial charge in [0, 0.05) is 25.1 Å². The lowest BCUT2D eigenvalue weighted by molar-refractivity contribution is -0.146. The van der Waals surface area contributed by atoms with Crippen molar-refractivity contribution in [1.82, 2.24) is 34.3 Å². The quantitative estimate of drug-likeness (QED) is 0.601. The average Bonchev–Trinajstić information content (AvgIpc) is 3.29. The number of aromatic nitrogens is 7. The predicted molar refractivity (Wildman–Crippen MR) is 84.5 cm³/mol. The van der Waals surface area contributed by atoms with E-state index < -0.39 is 12.0 Å². The topological polar surface area (TPSA) is 85.8 Å². The molecule has 0 unspecified atom stereocenters. The molecule has 4 heterocycles. The van der Waals surface area contributed by atoms with E-state index >= 15 is 0 Å². The predicted octanol–water partition coefficient (Wildman–Crippen LogP) is 2.34. The molecule has 11 heteroatoms. The molecule has 0 aliphatic rings. The first-order valence-corrected chi connectivity index (χ1v) is 7.47. The highest BCUT2D eigenvalue weighted by atomic mass is 19.4. The summed E-state index contributed by atoms with van der Waals surface area (Å²) in [6.45, 7) is 0.346. The maximum atomic E-state index is 12.9.